The summed E-state index contributed by atoms with van der Waals surface area (Å²) in [5.74, 6) is 5.13. The van der Waals surface area contributed by atoms with Crippen molar-refractivity contribution in [2.75, 3.05) is 7.11 Å². The van der Waals surface area contributed by atoms with Gasteiger partial charge in [0.2, 0.25) is 0 Å². The minimum atomic E-state index is -0.334. The molecule has 0 aliphatic carbocycles. The molecule has 1 aromatic heterocycles. The van der Waals surface area contributed by atoms with E-state index in [1.54, 1.807) is 0 Å². The topological polar surface area (TPSA) is 26.3 Å². The molecule has 0 aliphatic heterocycles. The summed E-state index contributed by atoms with van der Waals surface area (Å²) in [6.45, 7) is 0. The average Bonchev–Trinajstić information content (AvgIpc) is 2.52. The summed E-state index contributed by atoms with van der Waals surface area (Å²) in [6, 6.07) is 1.82. The number of thiophene rings is 1. The third-order valence-electron chi connectivity index (χ3n) is 1.30. The van der Waals surface area contributed by atoms with Gasteiger partial charge in [-0.2, -0.15) is 0 Å². The van der Waals surface area contributed by atoms with Crippen LogP contribution in [0.4, 0.5) is 0 Å². The number of halogens is 1. The molecule has 2 nitrogen and oxygen atoms in total. The number of methoxy groups -OCH3 is 1. The molecule has 1 aromatic rings. The molecular weight excluding hydrogens is 208 g/mol. The van der Waals surface area contributed by atoms with Gasteiger partial charge in [-0.05, 0) is 11.4 Å². The first kappa shape index (κ1) is 10.1. The minimum absolute atomic E-state index is 0.0999. The van der Waals surface area contributed by atoms with Crippen LogP contribution in [0, 0.1) is 11.8 Å². The molecule has 13 heavy (non-hydrogen) atoms. The molecule has 0 amide bonds. The molecule has 0 fully saturated rings. The zero-order valence-electron chi connectivity index (χ0n) is 6.96. The zero-order valence-corrected chi connectivity index (χ0v) is 8.54. The second kappa shape index (κ2) is 4.90. The number of rotatable bonds is 1. The number of carbonyl (C=O) groups excluding carboxylic acids is 1. The summed E-state index contributed by atoms with van der Waals surface area (Å²) in [6.07, 6.45) is 0.0999. The van der Waals surface area contributed by atoms with Crippen LogP contribution in [0.15, 0.2) is 11.4 Å². The van der Waals surface area contributed by atoms with Gasteiger partial charge in [-0.15, -0.1) is 11.3 Å². The van der Waals surface area contributed by atoms with Crippen LogP contribution < -0.4 is 0 Å². The number of hydrogen-bond acceptors (Lipinski definition) is 3. The smallest absolute Gasteiger partial charge is 0.317 e. The van der Waals surface area contributed by atoms with E-state index in [0.717, 1.165) is 5.56 Å². The summed E-state index contributed by atoms with van der Waals surface area (Å²) in [7, 11) is 1.33. The lowest BCUT2D eigenvalue weighted by molar-refractivity contribution is -0.139. The van der Waals surface area contributed by atoms with Crippen molar-refractivity contribution in [3.8, 4) is 11.8 Å². The fourth-order valence-electron chi connectivity index (χ4n) is 0.665. The first-order valence-corrected chi connectivity index (χ1v) is 4.78. The number of ether oxygens (including phenoxy) is 1. The zero-order chi connectivity index (χ0) is 9.68. The predicted molar refractivity (Wildman–Crippen MR) is 52.8 cm³/mol. The average molecular weight is 215 g/mol. The Bertz CT molecular complexity index is 359. The van der Waals surface area contributed by atoms with Gasteiger partial charge in [0.15, 0.2) is 0 Å². The molecule has 0 saturated heterocycles. The summed E-state index contributed by atoms with van der Waals surface area (Å²) in [5, 5.41) is 1.85. The van der Waals surface area contributed by atoms with Gasteiger partial charge in [0.05, 0.1) is 12.7 Å². The maximum atomic E-state index is 10.7. The maximum Gasteiger partial charge on any atom is 0.317 e. The van der Waals surface area contributed by atoms with Crippen molar-refractivity contribution in [3.05, 3.63) is 21.3 Å². The van der Waals surface area contributed by atoms with Gasteiger partial charge in [0, 0.05) is 0 Å². The van der Waals surface area contributed by atoms with Crippen molar-refractivity contribution in [1.29, 1.82) is 0 Å². The van der Waals surface area contributed by atoms with E-state index in [1.807, 2.05) is 11.4 Å². The Kier molecular flexibility index (Phi) is 3.81. The van der Waals surface area contributed by atoms with Gasteiger partial charge in [0.25, 0.3) is 0 Å². The first-order chi connectivity index (χ1) is 6.24. The monoisotopic (exact) mass is 214 g/mol. The molecule has 0 radical (unpaired) electrons. The van der Waals surface area contributed by atoms with E-state index in [-0.39, 0.29) is 12.4 Å². The highest BCUT2D eigenvalue weighted by Gasteiger charge is 1.97. The Morgan fingerprint density at radius 1 is 1.77 bits per heavy atom. The van der Waals surface area contributed by atoms with E-state index < -0.39 is 0 Å². The molecule has 0 aliphatic rings. The summed E-state index contributed by atoms with van der Waals surface area (Å²) in [4.78, 5) is 10.7. The van der Waals surface area contributed by atoms with Crippen molar-refractivity contribution >= 4 is 28.9 Å². The van der Waals surface area contributed by atoms with Crippen molar-refractivity contribution in [1.82, 2.24) is 0 Å². The van der Waals surface area contributed by atoms with Crippen LogP contribution in [0.2, 0.25) is 4.34 Å². The Hall–Kier alpha value is -0.980. The van der Waals surface area contributed by atoms with E-state index >= 15 is 0 Å². The second-order valence-electron chi connectivity index (χ2n) is 2.16. The van der Waals surface area contributed by atoms with Crippen molar-refractivity contribution < 1.29 is 9.53 Å². The molecule has 0 aromatic carbocycles. The van der Waals surface area contributed by atoms with E-state index in [2.05, 4.69) is 16.6 Å². The normalized spacial score (nSPS) is 8.77. The Balaban J connectivity index is 2.58. The van der Waals surface area contributed by atoms with E-state index in [4.69, 9.17) is 11.6 Å². The van der Waals surface area contributed by atoms with Gasteiger partial charge in [-0.3, -0.25) is 4.79 Å². The molecule has 0 saturated carbocycles. The van der Waals surface area contributed by atoms with Crippen LogP contribution in [-0.2, 0) is 9.53 Å². The number of esters is 1. The van der Waals surface area contributed by atoms with Crippen LogP contribution in [-0.4, -0.2) is 13.1 Å². The lowest BCUT2D eigenvalue weighted by Crippen LogP contribution is -1.96. The molecule has 0 spiro atoms. The minimum Gasteiger partial charge on any atom is -0.468 e. The molecule has 1 heterocycles. The largest absolute Gasteiger partial charge is 0.468 e. The van der Waals surface area contributed by atoms with Crippen LogP contribution in [0.3, 0.4) is 0 Å². The van der Waals surface area contributed by atoms with Gasteiger partial charge in [-0.25, -0.2) is 0 Å². The molecule has 68 valence electrons. The standard InChI is InChI=1S/C9H7ClO2S/c1-12-8(11)4-2-3-7-5-6-13-9(7)10/h5-6H,4H2,1H3. The van der Waals surface area contributed by atoms with E-state index in [1.165, 1.54) is 18.4 Å². The maximum absolute atomic E-state index is 10.7. The number of carbonyl (C=O) groups is 1. The van der Waals surface area contributed by atoms with Gasteiger partial charge < -0.3 is 4.74 Å². The van der Waals surface area contributed by atoms with E-state index in [9.17, 15) is 4.79 Å². The Morgan fingerprint density at radius 3 is 3.08 bits per heavy atom. The molecule has 0 N–H and O–H groups in total. The molecule has 0 unspecified atom stereocenters. The van der Waals surface area contributed by atoms with Crippen molar-refractivity contribution in [3.63, 3.8) is 0 Å². The van der Waals surface area contributed by atoms with Crippen molar-refractivity contribution in [2.24, 2.45) is 0 Å². The lowest BCUT2D eigenvalue weighted by atomic mass is 10.3. The first-order valence-electron chi connectivity index (χ1n) is 3.52. The molecule has 0 atom stereocenters. The van der Waals surface area contributed by atoms with Gasteiger partial charge >= 0.3 is 5.97 Å². The second-order valence-corrected chi connectivity index (χ2v) is 3.68. The Morgan fingerprint density at radius 2 is 2.54 bits per heavy atom. The third kappa shape index (κ3) is 3.10. The third-order valence-corrected chi connectivity index (χ3v) is 2.47. The fourth-order valence-corrected chi connectivity index (χ4v) is 1.50. The highest BCUT2D eigenvalue weighted by molar-refractivity contribution is 7.14. The SMILES string of the molecule is COC(=O)CC#Cc1ccsc1Cl. The van der Waals surface area contributed by atoms with Gasteiger partial charge in [-0.1, -0.05) is 23.4 Å². The predicted octanol–water partition coefficient (Wildman–Crippen LogP) is 2.32. The van der Waals surface area contributed by atoms with Gasteiger partial charge in [0.1, 0.15) is 10.8 Å². The molecule has 4 heteroatoms. The van der Waals surface area contributed by atoms with Crippen molar-refractivity contribution in [2.45, 2.75) is 6.42 Å². The Labute approximate surface area is 85.5 Å². The van der Waals surface area contributed by atoms with Crippen LogP contribution in [0.1, 0.15) is 12.0 Å². The summed E-state index contributed by atoms with van der Waals surface area (Å²) >= 11 is 7.20. The van der Waals surface area contributed by atoms with Crippen LogP contribution >= 0.6 is 22.9 Å². The molecule has 0 bridgehead atoms. The van der Waals surface area contributed by atoms with E-state index in [0.29, 0.717) is 4.34 Å². The summed E-state index contributed by atoms with van der Waals surface area (Å²) < 4.78 is 5.08. The molecule has 1 rings (SSSR count). The summed E-state index contributed by atoms with van der Waals surface area (Å²) in [5.41, 5.74) is 0.760. The highest BCUT2D eigenvalue weighted by atomic mass is 35.5. The number of hydrogen-bond donors (Lipinski definition) is 0. The quantitative estimate of drug-likeness (QED) is 0.530. The van der Waals surface area contributed by atoms with Crippen LogP contribution in [0.5, 0.6) is 0 Å². The lowest BCUT2D eigenvalue weighted by Gasteiger charge is -1.88. The molecular formula is C9H7ClO2S. The van der Waals surface area contributed by atoms with Crippen LogP contribution in [0.25, 0.3) is 0 Å². The fraction of sp³-hybridized carbons (Fsp3) is 0.222. The highest BCUT2D eigenvalue weighted by Crippen LogP contribution is 2.21.